The van der Waals surface area contributed by atoms with Crippen LogP contribution in [0.5, 0.6) is 0 Å². The lowest BCUT2D eigenvalue weighted by Gasteiger charge is -2.12. The predicted molar refractivity (Wildman–Crippen MR) is 82.9 cm³/mol. The largest absolute Gasteiger partial charge is 0.387 e. The van der Waals surface area contributed by atoms with Gasteiger partial charge in [0.1, 0.15) is 6.33 Å². The van der Waals surface area contributed by atoms with Crippen molar-refractivity contribution in [2.75, 3.05) is 6.54 Å². The van der Waals surface area contributed by atoms with E-state index in [1.807, 2.05) is 30.3 Å². The van der Waals surface area contributed by atoms with Crippen LogP contribution in [0.1, 0.15) is 22.0 Å². The molecule has 1 aromatic heterocycles. The van der Waals surface area contributed by atoms with Crippen LogP contribution in [0.2, 0.25) is 0 Å². The second-order valence-corrected chi connectivity index (χ2v) is 4.94. The van der Waals surface area contributed by atoms with Crippen molar-refractivity contribution in [3.63, 3.8) is 0 Å². The quantitative estimate of drug-likeness (QED) is 0.737. The number of hydrogen-bond acceptors (Lipinski definition) is 5. The van der Waals surface area contributed by atoms with E-state index < -0.39 is 6.10 Å². The number of nitrogens with one attached hydrogen (secondary N) is 1. The van der Waals surface area contributed by atoms with E-state index in [9.17, 15) is 9.90 Å². The number of carbonyl (C=O) groups is 1. The Kier molecular flexibility index (Phi) is 4.39. The Bertz CT molecular complexity index is 757. The van der Waals surface area contributed by atoms with Crippen LogP contribution in [0.25, 0.3) is 5.69 Å². The van der Waals surface area contributed by atoms with Crippen LogP contribution in [0.15, 0.2) is 60.9 Å². The van der Waals surface area contributed by atoms with Gasteiger partial charge in [0.15, 0.2) is 0 Å². The second kappa shape index (κ2) is 6.80. The third kappa shape index (κ3) is 3.58. The zero-order valence-electron chi connectivity index (χ0n) is 12.2. The Morgan fingerprint density at radius 3 is 2.52 bits per heavy atom. The van der Waals surface area contributed by atoms with Gasteiger partial charge in [-0.1, -0.05) is 30.3 Å². The fourth-order valence-electron chi connectivity index (χ4n) is 2.13. The number of carbonyl (C=O) groups excluding carboxylic acids is 1. The molecule has 3 rings (SSSR count). The van der Waals surface area contributed by atoms with Crippen molar-refractivity contribution < 1.29 is 9.90 Å². The number of aliphatic hydroxyl groups excluding tert-OH is 1. The third-order valence-corrected chi connectivity index (χ3v) is 3.38. The van der Waals surface area contributed by atoms with E-state index in [0.717, 1.165) is 11.3 Å². The van der Waals surface area contributed by atoms with E-state index in [2.05, 4.69) is 20.8 Å². The summed E-state index contributed by atoms with van der Waals surface area (Å²) < 4.78 is 1.50. The molecular weight excluding hydrogens is 294 g/mol. The molecule has 2 aromatic carbocycles. The topological polar surface area (TPSA) is 92.9 Å². The summed E-state index contributed by atoms with van der Waals surface area (Å²) in [6.07, 6.45) is 0.742. The average molecular weight is 309 g/mol. The van der Waals surface area contributed by atoms with Gasteiger partial charge in [-0.25, -0.2) is 4.68 Å². The molecule has 3 aromatic rings. The van der Waals surface area contributed by atoms with Crippen LogP contribution in [-0.2, 0) is 0 Å². The molecule has 1 amide bonds. The van der Waals surface area contributed by atoms with Gasteiger partial charge >= 0.3 is 0 Å². The van der Waals surface area contributed by atoms with Gasteiger partial charge in [0.2, 0.25) is 0 Å². The Morgan fingerprint density at radius 1 is 1.13 bits per heavy atom. The minimum atomic E-state index is -0.736. The number of tetrazole rings is 1. The first-order valence-electron chi connectivity index (χ1n) is 7.08. The highest BCUT2D eigenvalue weighted by Gasteiger charge is 2.10. The number of nitrogens with zero attached hydrogens (tertiary/aromatic N) is 4. The van der Waals surface area contributed by atoms with Gasteiger partial charge in [-0.05, 0) is 40.3 Å². The minimum Gasteiger partial charge on any atom is -0.387 e. The van der Waals surface area contributed by atoms with Crippen LogP contribution < -0.4 is 5.32 Å². The third-order valence-electron chi connectivity index (χ3n) is 3.38. The summed E-state index contributed by atoms with van der Waals surface area (Å²) in [7, 11) is 0. The molecule has 116 valence electrons. The molecule has 7 nitrogen and oxygen atoms in total. The average Bonchev–Trinajstić information content (AvgIpc) is 3.15. The first-order valence-corrected chi connectivity index (χ1v) is 7.08. The predicted octanol–water partition coefficient (Wildman–Crippen LogP) is 1.13. The Balaban J connectivity index is 1.60. The SMILES string of the molecule is O=C(NC[C@H](O)c1ccccc1)c1ccc(-n2cnnn2)cc1. The van der Waals surface area contributed by atoms with E-state index in [1.165, 1.54) is 11.0 Å². The van der Waals surface area contributed by atoms with Crippen molar-refractivity contribution in [3.8, 4) is 5.69 Å². The molecule has 23 heavy (non-hydrogen) atoms. The standard InChI is InChI=1S/C16H15N5O2/c22-15(12-4-2-1-3-5-12)10-17-16(23)13-6-8-14(9-7-13)21-11-18-19-20-21/h1-9,11,15,22H,10H2,(H,17,23)/t15-/m0/s1. The molecule has 0 unspecified atom stereocenters. The molecule has 7 heteroatoms. The van der Waals surface area contributed by atoms with Gasteiger partial charge in [0, 0.05) is 12.1 Å². The van der Waals surface area contributed by atoms with Crippen LogP contribution in [-0.4, -0.2) is 37.8 Å². The van der Waals surface area contributed by atoms with Crippen molar-refractivity contribution >= 4 is 5.91 Å². The van der Waals surface area contributed by atoms with Crippen LogP contribution in [0, 0.1) is 0 Å². The summed E-state index contributed by atoms with van der Waals surface area (Å²) in [5, 5.41) is 23.7. The smallest absolute Gasteiger partial charge is 0.251 e. The van der Waals surface area contributed by atoms with E-state index in [4.69, 9.17) is 0 Å². The van der Waals surface area contributed by atoms with Gasteiger partial charge in [-0.2, -0.15) is 0 Å². The molecular formula is C16H15N5O2. The molecule has 0 fully saturated rings. The van der Waals surface area contributed by atoms with Crippen molar-refractivity contribution in [2.45, 2.75) is 6.10 Å². The summed E-state index contributed by atoms with van der Waals surface area (Å²) in [6.45, 7) is 0.150. The maximum absolute atomic E-state index is 12.1. The molecule has 0 aliphatic heterocycles. The maximum Gasteiger partial charge on any atom is 0.251 e. The summed E-state index contributed by atoms with van der Waals surface area (Å²) >= 11 is 0. The Hall–Kier alpha value is -3.06. The van der Waals surface area contributed by atoms with Crippen molar-refractivity contribution in [3.05, 3.63) is 72.1 Å². The van der Waals surface area contributed by atoms with Gasteiger partial charge in [0.05, 0.1) is 11.8 Å². The summed E-state index contributed by atoms with van der Waals surface area (Å²) in [4.78, 5) is 12.1. The van der Waals surface area contributed by atoms with Gasteiger partial charge in [-0.3, -0.25) is 4.79 Å². The molecule has 1 atom stereocenters. The normalized spacial score (nSPS) is 11.9. The lowest BCUT2D eigenvalue weighted by molar-refractivity contribution is 0.0916. The first kappa shape index (κ1) is 14.9. The van der Waals surface area contributed by atoms with Crippen molar-refractivity contribution in [1.82, 2.24) is 25.5 Å². The fourth-order valence-corrected chi connectivity index (χ4v) is 2.13. The molecule has 2 N–H and O–H groups in total. The Morgan fingerprint density at radius 2 is 1.87 bits per heavy atom. The van der Waals surface area contributed by atoms with E-state index in [-0.39, 0.29) is 12.5 Å². The number of rotatable bonds is 5. The van der Waals surface area contributed by atoms with Crippen molar-refractivity contribution in [1.29, 1.82) is 0 Å². The monoisotopic (exact) mass is 309 g/mol. The second-order valence-electron chi connectivity index (χ2n) is 4.94. The van der Waals surface area contributed by atoms with Crippen LogP contribution in [0.4, 0.5) is 0 Å². The van der Waals surface area contributed by atoms with Crippen LogP contribution in [0.3, 0.4) is 0 Å². The van der Waals surface area contributed by atoms with E-state index in [1.54, 1.807) is 24.3 Å². The highest BCUT2D eigenvalue weighted by molar-refractivity contribution is 5.94. The fraction of sp³-hybridized carbons (Fsp3) is 0.125. The first-order chi connectivity index (χ1) is 11.2. The summed E-state index contributed by atoms with van der Waals surface area (Å²) in [5.74, 6) is -0.247. The highest BCUT2D eigenvalue weighted by Crippen LogP contribution is 2.11. The number of benzene rings is 2. The molecule has 0 saturated carbocycles. The maximum atomic E-state index is 12.1. The van der Waals surface area contributed by atoms with Gasteiger partial charge in [-0.15, -0.1) is 5.10 Å². The molecule has 0 radical (unpaired) electrons. The highest BCUT2D eigenvalue weighted by atomic mass is 16.3. The zero-order valence-corrected chi connectivity index (χ0v) is 12.2. The number of hydrogen-bond donors (Lipinski definition) is 2. The lowest BCUT2D eigenvalue weighted by Crippen LogP contribution is -2.28. The summed E-state index contributed by atoms with van der Waals surface area (Å²) in [6, 6.07) is 16.1. The number of aliphatic hydroxyl groups is 1. The molecule has 0 aliphatic carbocycles. The number of amides is 1. The van der Waals surface area contributed by atoms with E-state index >= 15 is 0 Å². The molecule has 0 spiro atoms. The minimum absolute atomic E-state index is 0.150. The summed E-state index contributed by atoms with van der Waals surface area (Å²) in [5.41, 5.74) is 2.03. The number of aromatic nitrogens is 4. The molecule has 0 aliphatic rings. The van der Waals surface area contributed by atoms with Crippen LogP contribution >= 0.6 is 0 Å². The van der Waals surface area contributed by atoms with Gasteiger partial charge < -0.3 is 10.4 Å². The van der Waals surface area contributed by atoms with E-state index in [0.29, 0.717) is 5.56 Å². The molecule has 0 saturated heterocycles. The van der Waals surface area contributed by atoms with Crippen molar-refractivity contribution in [2.24, 2.45) is 0 Å². The molecule has 0 bridgehead atoms. The van der Waals surface area contributed by atoms with Gasteiger partial charge in [0.25, 0.3) is 5.91 Å². The zero-order chi connectivity index (χ0) is 16.1. The Labute approximate surface area is 132 Å². The lowest BCUT2D eigenvalue weighted by atomic mass is 10.1. The molecule has 1 heterocycles.